The normalized spacial score (nSPS) is 17.2. The van der Waals surface area contributed by atoms with Gasteiger partial charge in [0.1, 0.15) is 5.82 Å². The fourth-order valence-electron chi connectivity index (χ4n) is 2.61. The molecule has 2 N–H and O–H groups in total. The topological polar surface area (TPSA) is 68.2 Å². The fourth-order valence-corrected chi connectivity index (χ4v) is 2.61. The highest BCUT2D eigenvalue weighted by molar-refractivity contribution is 5.53. The van der Waals surface area contributed by atoms with Gasteiger partial charge in [0.25, 0.3) is 0 Å². The fraction of sp³-hybridized carbons (Fsp3) is 0.467. The van der Waals surface area contributed by atoms with Crippen molar-refractivity contribution in [2.24, 2.45) is 11.7 Å². The maximum atomic E-state index is 12.9. The molecule has 1 aliphatic heterocycles. The number of nitrogens with zero attached hydrogens (tertiary/aromatic N) is 3. The van der Waals surface area contributed by atoms with Gasteiger partial charge in [-0.3, -0.25) is 4.90 Å². The van der Waals surface area contributed by atoms with Gasteiger partial charge in [-0.15, -0.1) is 0 Å². The number of benzene rings is 1. The summed E-state index contributed by atoms with van der Waals surface area (Å²) in [7, 11) is 0. The van der Waals surface area contributed by atoms with Gasteiger partial charge in [-0.25, -0.2) is 4.39 Å². The van der Waals surface area contributed by atoms with Crippen molar-refractivity contribution in [2.75, 3.05) is 19.6 Å². The van der Waals surface area contributed by atoms with Gasteiger partial charge < -0.3 is 10.3 Å². The average Bonchev–Trinajstić information content (AvgIpc) is 2.97. The quantitative estimate of drug-likeness (QED) is 0.933. The lowest BCUT2D eigenvalue weighted by molar-refractivity contribution is 0.161. The van der Waals surface area contributed by atoms with Crippen molar-refractivity contribution in [3.05, 3.63) is 36.0 Å². The third-order valence-corrected chi connectivity index (χ3v) is 3.97. The summed E-state index contributed by atoms with van der Waals surface area (Å²) < 4.78 is 18.2. The Labute approximate surface area is 122 Å². The number of likely N-dealkylation sites (tertiary alicyclic amines) is 1. The summed E-state index contributed by atoms with van der Waals surface area (Å²) in [4.78, 5) is 6.68. The Morgan fingerprint density at radius 2 is 1.95 bits per heavy atom. The Bertz CT molecular complexity index is 576. The largest absolute Gasteiger partial charge is 0.338 e. The Kier molecular flexibility index (Phi) is 4.26. The molecule has 6 heteroatoms. The van der Waals surface area contributed by atoms with Crippen LogP contribution in [-0.2, 0) is 6.54 Å². The molecule has 1 aromatic carbocycles. The van der Waals surface area contributed by atoms with Crippen molar-refractivity contribution in [2.45, 2.75) is 19.4 Å². The molecule has 0 amide bonds. The second kappa shape index (κ2) is 6.32. The van der Waals surface area contributed by atoms with Gasteiger partial charge >= 0.3 is 0 Å². The van der Waals surface area contributed by atoms with Crippen molar-refractivity contribution >= 4 is 0 Å². The molecule has 2 heterocycles. The van der Waals surface area contributed by atoms with Crippen molar-refractivity contribution in [1.29, 1.82) is 0 Å². The number of halogens is 1. The molecule has 0 aliphatic carbocycles. The van der Waals surface area contributed by atoms with E-state index in [1.165, 1.54) is 12.1 Å². The van der Waals surface area contributed by atoms with Crippen LogP contribution in [0, 0.1) is 11.7 Å². The standard InChI is InChI=1S/C15H19FN4O/c16-13-3-1-12(2-4-13)15-18-14(21-19-15)10-20-7-5-11(9-17)6-8-20/h1-4,11H,5-10,17H2. The summed E-state index contributed by atoms with van der Waals surface area (Å²) in [5, 5.41) is 3.96. The van der Waals surface area contributed by atoms with E-state index in [4.69, 9.17) is 10.3 Å². The lowest BCUT2D eigenvalue weighted by Gasteiger charge is -2.30. The molecule has 0 spiro atoms. The van der Waals surface area contributed by atoms with E-state index in [2.05, 4.69) is 15.0 Å². The van der Waals surface area contributed by atoms with Gasteiger partial charge in [0.15, 0.2) is 0 Å². The van der Waals surface area contributed by atoms with E-state index in [1.54, 1.807) is 12.1 Å². The van der Waals surface area contributed by atoms with Crippen molar-refractivity contribution in [1.82, 2.24) is 15.0 Å². The summed E-state index contributed by atoms with van der Waals surface area (Å²) in [5.74, 6) is 1.46. The van der Waals surface area contributed by atoms with E-state index in [-0.39, 0.29) is 5.82 Å². The molecular weight excluding hydrogens is 271 g/mol. The minimum Gasteiger partial charge on any atom is -0.338 e. The maximum absolute atomic E-state index is 12.9. The van der Waals surface area contributed by atoms with Crippen LogP contribution in [0.25, 0.3) is 11.4 Å². The second-order valence-corrected chi connectivity index (χ2v) is 5.47. The van der Waals surface area contributed by atoms with Gasteiger partial charge in [-0.2, -0.15) is 4.98 Å². The van der Waals surface area contributed by atoms with E-state index in [9.17, 15) is 4.39 Å². The number of hydrogen-bond donors (Lipinski definition) is 1. The van der Waals surface area contributed by atoms with Gasteiger partial charge in [0.2, 0.25) is 11.7 Å². The molecular formula is C15H19FN4O. The van der Waals surface area contributed by atoms with Crippen LogP contribution in [0.3, 0.4) is 0 Å². The lowest BCUT2D eigenvalue weighted by Crippen LogP contribution is -2.35. The highest BCUT2D eigenvalue weighted by Crippen LogP contribution is 2.19. The molecule has 1 aromatic heterocycles. The van der Waals surface area contributed by atoms with Crippen LogP contribution in [0.5, 0.6) is 0 Å². The van der Waals surface area contributed by atoms with Crippen LogP contribution in [0.1, 0.15) is 18.7 Å². The molecule has 2 aromatic rings. The second-order valence-electron chi connectivity index (χ2n) is 5.47. The van der Waals surface area contributed by atoms with E-state index in [1.807, 2.05) is 0 Å². The van der Waals surface area contributed by atoms with Gasteiger partial charge in [-0.05, 0) is 62.7 Å². The molecule has 5 nitrogen and oxygen atoms in total. The van der Waals surface area contributed by atoms with E-state index in [0.29, 0.717) is 24.2 Å². The smallest absolute Gasteiger partial charge is 0.241 e. The zero-order valence-corrected chi connectivity index (χ0v) is 11.8. The summed E-state index contributed by atoms with van der Waals surface area (Å²) in [5.41, 5.74) is 6.45. The molecule has 1 aliphatic rings. The Hall–Kier alpha value is -1.79. The van der Waals surface area contributed by atoms with E-state index >= 15 is 0 Å². The van der Waals surface area contributed by atoms with Crippen LogP contribution in [0.15, 0.2) is 28.8 Å². The van der Waals surface area contributed by atoms with Gasteiger partial charge in [0.05, 0.1) is 6.54 Å². The Balaban J connectivity index is 1.62. The molecule has 1 fully saturated rings. The molecule has 112 valence electrons. The maximum Gasteiger partial charge on any atom is 0.241 e. The summed E-state index contributed by atoms with van der Waals surface area (Å²) in [6.45, 7) is 3.45. The van der Waals surface area contributed by atoms with Gasteiger partial charge in [0, 0.05) is 5.56 Å². The Morgan fingerprint density at radius 1 is 1.24 bits per heavy atom. The third-order valence-electron chi connectivity index (χ3n) is 3.97. The minimum absolute atomic E-state index is 0.273. The average molecular weight is 290 g/mol. The molecule has 0 atom stereocenters. The van der Waals surface area contributed by atoms with Crippen LogP contribution < -0.4 is 5.73 Å². The molecule has 0 bridgehead atoms. The van der Waals surface area contributed by atoms with Crippen molar-refractivity contribution < 1.29 is 8.91 Å². The zero-order valence-electron chi connectivity index (χ0n) is 11.8. The highest BCUT2D eigenvalue weighted by atomic mass is 19.1. The first-order chi connectivity index (χ1) is 10.2. The van der Waals surface area contributed by atoms with Crippen LogP contribution in [0.2, 0.25) is 0 Å². The first kappa shape index (κ1) is 14.2. The van der Waals surface area contributed by atoms with Crippen LogP contribution in [0.4, 0.5) is 4.39 Å². The molecule has 0 unspecified atom stereocenters. The van der Waals surface area contributed by atoms with Crippen LogP contribution in [-0.4, -0.2) is 34.7 Å². The monoisotopic (exact) mass is 290 g/mol. The first-order valence-corrected chi connectivity index (χ1v) is 7.25. The van der Waals surface area contributed by atoms with Crippen LogP contribution >= 0.6 is 0 Å². The molecule has 21 heavy (non-hydrogen) atoms. The summed E-state index contributed by atoms with van der Waals surface area (Å²) in [6, 6.07) is 6.08. The zero-order chi connectivity index (χ0) is 14.7. The Morgan fingerprint density at radius 3 is 2.62 bits per heavy atom. The van der Waals surface area contributed by atoms with Gasteiger partial charge in [-0.1, -0.05) is 5.16 Å². The number of nitrogens with two attached hydrogens (primary N) is 1. The first-order valence-electron chi connectivity index (χ1n) is 7.25. The number of aromatic nitrogens is 2. The van der Waals surface area contributed by atoms with E-state index in [0.717, 1.165) is 38.0 Å². The highest BCUT2D eigenvalue weighted by Gasteiger charge is 2.20. The predicted molar refractivity (Wildman–Crippen MR) is 76.7 cm³/mol. The van der Waals surface area contributed by atoms with Crippen molar-refractivity contribution in [3.8, 4) is 11.4 Å². The third kappa shape index (κ3) is 3.46. The molecule has 1 saturated heterocycles. The molecule has 0 saturated carbocycles. The predicted octanol–water partition coefficient (Wildman–Crippen LogP) is 2.05. The van der Waals surface area contributed by atoms with Crippen molar-refractivity contribution in [3.63, 3.8) is 0 Å². The number of piperidine rings is 1. The summed E-state index contributed by atoms with van der Waals surface area (Å²) in [6.07, 6.45) is 2.24. The summed E-state index contributed by atoms with van der Waals surface area (Å²) >= 11 is 0. The number of hydrogen-bond acceptors (Lipinski definition) is 5. The molecule has 0 radical (unpaired) electrons. The lowest BCUT2D eigenvalue weighted by atomic mass is 9.97. The molecule has 3 rings (SSSR count). The minimum atomic E-state index is -0.273. The SMILES string of the molecule is NCC1CCN(Cc2nc(-c3ccc(F)cc3)no2)CC1. The number of rotatable bonds is 4. The van der Waals surface area contributed by atoms with E-state index < -0.39 is 0 Å².